The zero-order chi connectivity index (χ0) is 13.5. The number of carbonyl (C=O) groups excluding carboxylic acids is 1. The lowest BCUT2D eigenvalue weighted by Gasteiger charge is -2.13. The first-order valence-corrected chi connectivity index (χ1v) is 5.98. The van der Waals surface area contributed by atoms with Gasteiger partial charge >= 0.3 is 0 Å². The van der Waals surface area contributed by atoms with E-state index in [1.165, 1.54) is 0 Å². The van der Waals surface area contributed by atoms with Crippen LogP contribution in [0.5, 0.6) is 5.75 Å². The summed E-state index contributed by atoms with van der Waals surface area (Å²) < 4.78 is 10.2. The first-order chi connectivity index (χ1) is 8.61. The molecule has 4 nitrogen and oxygen atoms in total. The summed E-state index contributed by atoms with van der Waals surface area (Å²) in [4.78, 5) is 12.1. The maximum Gasteiger partial charge on any atom is 0.180 e. The fraction of sp³-hybridized carbons (Fsp3) is 0.500. The minimum atomic E-state index is 0.0334. The Morgan fingerprint density at radius 3 is 2.61 bits per heavy atom. The molecule has 0 fully saturated rings. The Bertz CT molecular complexity index is 416. The van der Waals surface area contributed by atoms with Crippen LogP contribution in [0.1, 0.15) is 21.5 Å². The van der Waals surface area contributed by atoms with Crippen molar-refractivity contribution in [3.05, 3.63) is 28.8 Å². The van der Waals surface area contributed by atoms with Gasteiger partial charge in [0.05, 0.1) is 25.8 Å². The predicted molar refractivity (Wildman–Crippen MR) is 71.5 cm³/mol. The van der Waals surface area contributed by atoms with Gasteiger partial charge in [0.2, 0.25) is 0 Å². The number of aryl methyl sites for hydroxylation is 1. The van der Waals surface area contributed by atoms with Crippen LogP contribution in [0.4, 0.5) is 0 Å². The lowest BCUT2D eigenvalue weighted by atomic mass is 10.0. The number of rotatable bonds is 7. The molecule has 0 aliphatic heterocycles. The zero-order valence-corrected chi connectivity index (χ0v) is 11.5. The van der Waals surface area contributed by atoms with Crippen molar-refractivity contribution in [1.82, 2.24) is 5.32 Å². The highest BCUT2D eigenvalue weighted by Crippen LogP contribution is 2.26. The van der Waals surface area contributed by atoms with Gasteiger partial charge in [0, 0.05) is 13.7 Å². The van der Waals surface area contributed by atoms with E-state index in [-0.39, 0.29) is 5.78 Å². The SMILES string of the molecule is COCCNCC(=O)c1ccc(C)c(C)c1OC. The third-order valence-electron chi connectivity index (χ3n) is 2.95. The van der Waals surface area contributed by atoms with Crippen LogP contribution in [0.25, 0.3) is 0 Å². The molecule has 0 spiro atoms. The van der Waals surface area contributed by atoms with Crippen molar-refractivity contribution < 1.29 is 14.3 Å². The highest BCUT2D eigenvalue weighted by atomic mass is 16.5. The van der Waals surface area contributed by atoms with Crippen molar-refractivity contribution >= 4 is 5.78 Å². The van der Waals surface area contributed by atoms with E-state index in [2.05, 4.69) is 5.32 Å². The molecule has 0 atom stereocenters. The van der Waals surface area contributed by atoms with E-state index >= 15 is 0 Å². The topological polar surface area (TPSA) is 47.6 Å². The van der Waals surface area contributed by atoms with Crippen molar-refractivity contribution in [2.24, 2.45) is 0 Å². The Morgan fingerprint density at radius 1 is 1.28 bits per heavy atom. The van der Waals surface area contributed by atoms with Gasteiger partial charge in [-0.05, 0) is 31.0 Å². The summed E-state index contributed by atoms with van der Waals surface area (Å²) in [7, 11) is 3.23. The van der Waals surface area contributed by atoms with Crippen molar-refractivity contribution in [2.75, 3.05) is 33.9 Å². The molecule has 0 aliphatic carbocycles. The molecule has 0 aromatic heterocycles. The van der Waals surface area contributed by atoms with E-state index < -0.39 is 0 Å². The molecule has 0 heterocycles. The van der Waals surface area contributed by atoms with Crippen LogP contribution in [0, 0.1) is 13.8 Å². The van der Waals surface area contributed by atoms with Crippen LogP contribution in [0.2, 0.25) is 0 Å². The van der Waals surface area contributed by atoms with Crippen LogP contribution in [-0.4, -0.2) is 39.7 Å². The van der Waals surface area contributed by atoms with Crippen molar-refractivity contribution in [1.29, 1.82) is 0 Å². The van der Waals surface area contributed by atoms with Gasteiger partial charge in [-0.2, -0.15) is 0 Å². The molecule has 1 aromatic rings. The van der Waals surface area contributed by atoms with E-state index in [9.17, 15) is 4.79 Å². The molecule has 0 radical (unpaired) electrons. The van der Waals surface area contributed by atoms with Crippen LogP contribution in [0.3, 0.4) is 0 Å². The number of carbonyl (C=O) groups is 1. The monoisotopic (exact) mass is 251 g/mol. The standard InChI is InChI=1S/C14H21NO3/c1-10-5-6-12(14(18-4)11(10)2)13(16)9-15-7-8-17-3/h5-6,15H,7-9H2,1-4H3. The van der Waals surface area contributed by atoms with Crippen molar-refractivity contribution in [3.8, 4) is 5.75 Å². The summed E-state index contributed by atoms with van der Waals surface area (Å²) in [5, 5.41) is 3.04. The van der Waals surface area contributed by atoms with E-state index in [0.29, 0.717) is 31.0 Å². The number of hydrogen-bond donors (Lipinski definition) is 1. The second-order valence-electron chi connectivity index (χ2n) is 4.18. The molecule has 0 saturated heterocycles. The van der Waals surface area contributed by atoms with E-state index in [1.807, 2.05) is 26.0 Å². The third kappa shape index (κ3) is 3.55. The largest absolute Gasteiger partial charge is 0.496 e. The molecular formula is C14H21NO3. The Balaban J connectivity index is 2.76. The lowest BCUT2D eigenvalue weighted by molar-refractivity contribution is 0.0984. The third-order valence-corrected chi connectivity index (χ3v) is 2.95. The number of Topliss-reactive ketones (excluding diaryl/α,β-unsaturated/α-hetero) is 1. The highest BCUT2D eigenvalue weighted by molar-refractivity contribution is 6.00. The highest BCUT2D eigenvalue weighted by Gasteiger charge is 2.14. The number of hydrogen-bond acceptors (Lipinski definition) is 4. The number of nitrogens with one attached hydrogen (secondary N) is 1. The Labute approximate surface area is 108 Å². The molecule has 1 N–H and O–H groups in total. The van der Waals surface area contributed by atoms with Crippen LogP contribution in [-0.2, 0) is 4.74 Å². The fourth-order valence-corrected chi connectivity index (χ4v) is 1.74. The number of ether oxygens (including phenoxy) is 2. The number of methoxy groups -OCH3 is 2. The molecule has 1 rings (SSSR count). The lowest BCUT2D eigenvalue weighted by Crippen LogP contribution is -2.26. The minimum Gasteiger partial charge on any atom is -0.496 e. The van der Waals surface area contributed by atoms with Crippen molar-refractivity contribution in [2.45, 2.75) is 13.8 Å². The van der Waals surface area contributed by atoms with Gasteiger partial charge in [-0.3, -0.25) is 4.79 Å². The molecule has 4 heteroatoms. The predicted octanol–water partition coefficient (Wildman–Crippen LogP) is 1.73. The Morgan fingerprint density at radius 2 is 2.00 bits per heavy atom. The van der Waals surface area contributed by atoms with Crippen LogP contribution < -0.4 is 10.1 Å². The second-order valence-corrected chi connectivity index (χ2v) is 4.18. The normalized spacial score (nSPS) is 10.4. The molecule has 0 aliphatic rings. The maximum absolute atomic E-state index is 12.1. The van der Waals surface area contributed by atoms with Gasteiger partial charge in [0.15, 0.2) is 5.78 Å². The van der Waals surface area contributed by atoms with Gasteiger partial charge in [-0.25, -0.2) is 0 Å². The Hall–Kier alpha value is -1.39. The first kappa shape index (κ1) is 14.7. The van der Waals surface area contributed by atoms with Gasteiger partial charge in [0.1, 0.15) is 5.75 Å². The molecular weight excluding hydrogens is 230 g/mol. The van der Waals surface area contributed by atoms with Crippen LogP contribution in [0.15, 0.2) is 12.1 Å². The summed E-state index contributed by atoms with van der Waals surface area (Å²) in [6.07, 6.45) is 0. The van der Waals surface area contributed by atoms with Gasteiger partial charge in [0.25, 0.3) is 0 Å². The van der Waals surface area contributed by atoms with Crippen molar-refractivity contribution in [3.63, 3.8) is 0 Å². The van der Waals surface area contributed by atoms with Crippen LogP contribution >= 0.6 is 0 Å². The molecule has 0 unspecified atom stereocenters. The molecule has 0 bridgehead atoms. The Kier molecular flexibility index (Phi) is 5.82. The summed E-state index contributed by atoms with van der Waals surface area (Å²) in [5.41, 5.74) is 2.77. The summed E-state index contributed by atoms with van der Waals surface area (Å²) >= 11 is 0. The second kappa shape index (κ2) is 7.13. The average Bonchev–Trinajstić information content (AvgIpc) is 2.37. The van der Waals surface area contributed by atoms with Gasteiger partial charge < -0.3 is 14.8 Å². The molecule has 100 valence electrons. The summed E-state index contributed by atoms with van der Waals surface area (Å²) in [6.45, 7) is 5.52. The summed E-state index contributed by atoms with van der Waals surface area (Å²) in [6, 6.07) is 3.77. The zero-order valence-electron chi connectivity index (χ0n) is 11.5. The number of ketones is 1. The maximum atomic E-state index is 12.1. The van der Waals surface area contributed by atoms with Gasteiger partial charge in [-0.1, -0.05) is 6.07 Å². The van der Waals surface area contributed by atoms with Gasteiger partial charge in [-0.15, -0.1) is 0 Å². The fourth-order valence-electron chi connectivity index (χ4n) is 1.74. The number of benzene rings is 1. The van der Waals surface area contributed by atoms with E-state index in [1.54, 1.807) is 14.2 Å². The molecule has 0 amide bonds. The quantitative estimate of drug-likeness (QED) is 0.592. The molecule has 0 saturated carbocycles. The molecule has 1 aromatic carbocycles. The minimum absolute atomic E-state index is 0.0334. The molecule has 18 heavy (non-hydrogen) atoms. The van der Waals surface area contributed by atoms with E-state index in [4.69, 9.17) is 9.47 Å². The summed E-state index contributed by atoms with van der Waals surface area (Å²) in [5.74, 6) is 0.708. The average molecular weight is 251 g/mol. The smallest absolute Gasteiger partial charge is 0.180 e. The first-order valence-electron chi connectivity index (χ1n) is 5.98. The van der Waals surface area contributed by atoms with E-state index in [0.717, 1.165) is 11.1 Å².